The molecule has 4 heteroatoms. The zero-order valence-electron chi connectivity index (χ0n) is 6.60. The van der Waals surface area contributed by atoms with E-state index in [1.807, 2.05) is 0 Å². The van der Waals surface area contributed by atoms with E-state index in [-0.39, 0.29) is 6.10 Å². The Kier molecular flexibility index (Phi) is 2.84. The molecule has 0 bridgehead atoms. The highest BCUT2D eigenvalue weighted by Gasteiger charge is 2.36. The molecule has 1 saturated heterocycles. The Morgan fingerprint density at radius 3 is 2.55 bits per heavy atom. The van der Waals surface area contributed by atoms with Gasteiger partial charge in [-0.1, -0.05) is 0 Å². The van der Waals surface area contributed by atoms with Gasteiger partial charge in [0.15, 0.2) is 0 Å². The lowest BCUT2D eigenvalue weighted by atomic mass is 10.0. The number of aliphatic hydroxyl groups is 2. The van der Waals surface area contributed by atoms with Gasteiger partial charge in [0.1, 0.15) is 24.9 Å². The number of ether oxygens (including phenoxy) is 2. The molecule has 0 amide bonds. The highest BCUT2D eigenvalue weighted by Crippen LogP contribution is 2.19. The van der Waals surface area contributed by atoms with E-state index >= 15 is 0 Å². The number of hydrogen-bond acceptors (Lipinski definition) is 4. The molecular formula is C7H13O4. The molecule has 0 unspecified atom stereocenters. The third-order valence-electron chi connectivity index (χ3n) is 1.86. The van der Waals surface area contributed by atoms with Crippen LogP contribution in [0.2, 0.25) is 0 Å². The smallest absolute Gasteiger partial charge is 0.115 e. The highest BCUT2D eigenvalue weighted by atomic mass is 16.5. The molecule has 65 valence electrons. The average Bonchev–Trinajstić information content (AvgIpc) is 1.99. The van der Waals surface area contributed by atoms with Crippen LogP contribution in [0.25, 0.3) is 0 Å². The van der Waals surface area contributed by atoms with E-state index in [4.69, 9.17) is 9.47 Å². The van der Waals surface area contributed by atoms with E-state index in [2.05, 4.69) is 0 Å². The third-order valence-corrected chi connectivity index (χ3v) is 1.86. The van der Waals surface area contributed by atoms with Gasteiger partial charge in [-0.2, -0.15) is 0 Å². The van der Waals surface area contributed by atoms with Gasteiger partial charge >= 0.3 is 0 Å². The summed E-state index contributed by atoms with van der Waals surface area (Å²) in [5.41, 5.74) is 0. The Hall–Kier alpha value is -0.160. The lowest BCUT2D eigenvalue weighted by Gasteiger charge is -2.34. The van der Waals surface area contributed by atoms with Crippen LogP contribution < -0.4 is 0 Å². The quantitative estimate of drug-likeness (QED) is 0.534. The summed E-state index contributed by atoms with van der Waals surface area (Å²) in [7, 11) is 1.45. The standard InChI is InChI=1S/C7H13O4/c1-4-6(9)7(10-2)5(8)3-11-4/h3-9H,1-2H3/t4-,5-,6-,7-/m1/s1. The van der Waals surface area contributed by atoms with E-state index in [0.29, 0.717) is 0 Å². The van der Waals surface area contributed by atoms with Crippen molar-refractivity contribution in [2.45, 2.75) is 31.3 Å². The van der Waals surface area contributed by atoms with Crippen molar-refractivity contribution in [3.05, 3.63) is 6.61 Å². The predicted octanol–water partition coefficient (Wildman–Crippen LogP) is -0.696. The van der Waals surface area contributed by atoms with Crippen molar-refractivity contribution < 1.29 is 19.7 Å². The molecule has 0 spiro atoms. The van der Waals surface area contributed by atoms with Gasteiger partial charge in [-0.05, 0) is 6.92 Å². The molecule has 0 aliphatic carbocycles. The van der Waals surface area contributed by atoms with Gasteiger partial charge in [0, 0.05) is 7.11 Å². The van der Waals surface area contributed by atoms with E-state index in [1.54, 1.807) is 6.92 Å². The molecule has 4 atom stereocenters. The van der Waals surface area contributed by atoms with Crippen molar-refractivity contribution in [3.8, 4) is 0 Å². The molecule has 1 fully saturated rings. The molecule has 1 aliphatic heterocycles. The predicted molar refractivity (Wildman–Crippen MR) is 37.7 cm³/mol. The van der Waals surface area contributed by atoms with Crippen LogP contribution >= 0.6 is 0 Å². The summed E-state index contributed by atoms with van der Waals surface area (Å²) >= 11 is 0. The van der Waals surface area contributed by atoms with Gasteiger partial charge in [-0.3, -0.25) is 0 Å². The molecule has 0 saturated carbocycles. The number of hydrogen-bond donors (Lipinski definition) is 2. The minimum absolute atomic E-state index is 0.316. The van der Waals surface area contributed by atoms with Gasteiger partial charge in [-0.25, -0.2) is 0 Å². The van der Waals surface area contributed by atoms with Gasteiger partial charge in [0.25, 0.3) is 0 Å². The van der Waals surface area contributed by atoms with Crippen molar-refractivity contribution in [3.63, 3.8) is 0 Å². The monoisotopic (exact) mass is 161 g/mol. The molecule has 1 radical (unpaired) electrons. The summed E-state index contributed by atoms with van der Waals surface area (Å²) in [4.78, 5) is 0. The van der Waals surface area contributed by atoms with Crippen LogP contribution in [-0.2, 0) is 9.47 Å². The molecule has 11 heavy (non-hydrogen) atoms. The van der Waals surface area contributed by atoms with Gasteiger partial charge in [-0.15, -0.1) is 0 Å². The van der Waals surface area contributed by atoms with E-state index < -0.39 is 18.3 Å². The fraction of sp³-hybridized carbons (Fsp3) is 0.857. The fourth-order valence-electron chi connectivity index (χ4n) is 1.11. The first kappa shape index (κ1) is 8.93. The Balaban J connectivity index is 2.55. The fourth-order valence-corrected chi connectivity index (χ4v) is 1.11. The SMILES string of the molecule is CO[C@H]1[C@H](O)[C@@H](C)O[CH][C@H]1O. The first-order valence-electron chi connectivity index (χ1n) is 3.54. The number of aliphatic hydroxyl groups excluding tert-OH is 2. The maximum Gasteiger partial charge on any atom is 0.115 e. The van der Waals surface area contributed by atoms with Crippen molar-refractivity contribution in [2.75, 3.05) is 7.11 Å². The maximum atomic E-state index is 9.38. The summed E-state index contributed by atoms with van der Waals surface area (Å²) in [6.07, 6.45) is -2.49. The van der Waals surface area contributed by atoms with Crippen molar-refractivity contribution in [1.29, 1.82) is 0 Å². The van der Waals surface area contributed by atoms with Crippen molar-refractivity contribution >= 4 is 0 Å². The summed E-state index contributed by atoms with van der Waals surface area (Å²) in [6.45, 7) is 3.00. The molecule has 0 aromatic rings. The summed E-state index contributed by atoms with van der Waals surface area (Å²) in [5, 5.41) is 18.6. The average molecular weight is 161 g/mol. The maximum absolute atomic E-state index is 9.38. The van der Waals surface area contributed by atoms with E-state index in [9.17, 15) is 10.2 Å². The lowest BCUT2D eigenvalue weighted by Crippen LogP contribution is -2.50. The molecular weight excluding hydrogens is 148 g/mol. The van der Waals surface area contributed by atoms with Crippen LogP contribution in [0.5, 0.6) is 0 Å². The largest absolute Gasteiger partial charge is 0.388 e. The highest BCUT2D eigenvalue weighted by molar-refractivity contribution is 4.90. The van der Waals surface area contributed by atoms with E-state index in [1.165, 1.54) is 13.7 Å². The van der Waals surface area contributed by atoms with Crippen LogP contribution in [0.1, 0.15) is 6.92 Å². The van der Waals surface area contributed by atoms with Gasteiger partial charge < -0.3 is 19.7 Å². The third kappa shape index (κ3) is 1.70. The first-order valence-corrected chi connectivity index (χ1v) is 3.54. The van der Waals surface area contributed by atoms with Crippen molar-refractivity contribution in [1.82, 2.24) is 0 Å². The lowest BCUT2D eigenvalue weighted by molar-refractivity contribution is -0.166. The zero-order valence-corrected chi connectivity index (χ0v) is 6.60. The Morgan fingerprint density at radius 2 is 2.09 bits per heavy atom. The molecule has 4 nitrogen and oxygen atoms in total. The molecule has 1 aliphatic rings. The van der Waals surface area contributed by atoms with Crippen LogP contribution in [0.3, 0.4) is 0 Å². The summed E-state index contributed by atoms with van der Waals surface area (Å²) < 4.78 is 9.80. The molecule has 0 aromatic heterocycles. The Morgan fingerprint density at radius 1 is 1.45 bits per heavy atom. The Labute approximate surface area is 65.7 Å². The number of rotatable bonds is 1. The van der Waals surface area contributed by atoms with E-state index in [0.717, 1.165) is 0 Å². The molecule has 2 N–H and O–H groups in total. The summed E-state index contributed by atoms with van der Waals surface area (Å²) in [5.74, 6) is 0. The van der Waals surface area contributed by atoms with Gasteiger partial charge in [0.2, 0.25) is 0 Å². The second-order valence-electron chi connectivity index (χ2n) is 2.66. The molecule has 1 heterocycles. The second kappa shape index (κ2) is 3.49. The van der Waals surface area contributed by atoms with Crippen LogP contribution in [0.4, 0.5) is 0 Å². The Bertz CT molecular complexity index is 128. The van der Waals surface area contributed by atoms with Crippen LogP contribution in [0, 0.1) is 6.61 Å². The number of methoxy groups -OCH3 is 1. The zero-order chi connectivity index (χ0) is 8.43. The second-order valence-corrected chi connectivity index (χ2v) is 2.66. The summed E-state index contributed by atoms with van der Waals surface area (Å²) in [6, 6.07) is 0. The molecule has 1 rings (SSSR count). The van der Waals surface area contributed by atoms with Crippen LogP contribution in [0.15, 0.2) is 0 Å². The normalized spacial score (nSPS) is 45.8. The van der Waals surface area contributed by atoms with Gasteiger partial charge in [0.05, 0.1) is 6.10 Å². The minimum atomic E-state index is -0.841. The van der Waals surface area contributed by atoms with Crippen LogP contribution in [-0.4, -0.2) is 41.7 Å². The molecule has 0 aromatic carbocycles. The minimum Gasteiger partial charge on any atom is -0.388 e. The topological polar surface area (TPSA) is 58.9 Å². The van der Waals surface area contributed by atoms with Crippen molar-refractivity contribution in [2.24, 2.45) is 0 Å². The first-order chi connectivity index (χ1) is 5.16.